The summed E-state index contributed by atoms with van der Waals surface area (Å²) in [6, 6.07) is 0. The second kappa shape index (κ2) is 29.9. The number of rotatable bonds is 0. The molecule has 0 amide bonds. The molecule has 6 heavy (non-hydrogen) atoms. The number of aliphatic hydroxyl groups is 1. The molecule has 0 heterocycles. The maximum absolute atomic E-state index is 7.44. The molecule has 0 bridgehead atoms. The van der Waals surface area contributed by atoms with Crippen molar-refractivity contribution in [2.45, 2.75) is 6.92 Å². The fourth-order valence-corrected chi connectivity index (χ4v) is 0. The van der Waals surface area contributed by atoms with E-state index in [1.807, 2.05) is 0 Å². The molecule has 1 nitrogen and oxygen atoms in total. The van der Waals surface area contributed by atoms with Crippen molar-refractivity contribution >= 4 is 0 Å². The SMILES string of the molecule is C[CH-]O.[CH3-].[U+2].[W]. The number of hydrogen-bond acceptors (Lipinski definition) is 1. The molecule has 0 rings (SSSR count). The van der Waals surface area contributed by atoms with E-state index < -0.39 is 0 Å². The van der Waals surface area contributed by atoms with E-state index in [0.717, 1.165) is 6.61 Å². The second-order valence-corrected chi connectivity index (χ2v) is 0.258. The van der Waals surface area contributed by atoms with Gasteiger partial charge in [-0.15, -0.1) is 0 Å². The molecule has 0 unspecified atom stereocenters. The Morgan fingerprint density at radius 3 is 1.50 bits per heavy atom. The van der Waals surface area contributed by atoms with Crippen molar-refractivity contribution in [3.63, 3.8) is 0 Å². The fourth-order valence-electron chi connectivity index (χ4n) is 0. The molecule has 3 heteroatoms. The van der Waals surface area contributed by atoms with Gasteiger partial charge in [0.05, 0.1) is 0 Å². The molecule has 0 aliphatic rings. The Bertz CT molecular complexity index is 10.8. The summed E-state index contributed by atoms with van der Waals surface area (Å²) in [4.78, 5) is 0. The van der Waals surface area contributed by atoms with Crippen LogP contribution in [0.15, 0.2) is 0 Å². The molecule has 0 saturated heterocycles. The van der Waals surface area contributed by atoms with Crippen LogP contribution in [0.1, 0.15) is 6.92 Å². The Labute approximate surface area is 77.5 Å². The molecule has 0 fully saturated rings. The summed E-state index contributed by atoms with van der Waals surface area (Å²) in [6.45, 7) is 2.56. The fraction of sp³-hybridized carbons (Fsp3) is 0.333. The predicted octanol–water partition coefficient (Wildman–Crippen LogP) is 0.988. The van der Waals surface area contributed by atoms with E-state index in [-0.39, 0.29) is 59.6 Å². The van der Waals surface area contributed by atoms with Gasteiger partial charge in [0.25, 0.3) is 0 Å². The van der Waals surface area contributed by atoms with Crippen LogP contribution in [0.3, 0.4) is 0 Å². The van der Waals surface area contributed by atoms with Crippen LogP contribution < -0.4 is 0 Å². The normalized spacial score (nSPS) is 3.00. The molecule has 0 saturated carbocycles. The van der Waals surface area contributed by atoms with E-state index >= 15 is 0 Å². The van der Waals surface area contributed by atoms with Gasteiger partial charge in [0.1, 0.15) is 0 Å². The number of hydrogen-bond donors (Lipinski definition) is 1. The van der Waals surface area contributed by atoms with Crippen LogP contribution in [0, 0.1) is 45.1 Å². The van der Waals surface area contributed by atoms with Crippen molar-refractivity contribution in [1.29, 1.82) is 0 Å². The van der Waals surface area contributed by atoms with Crippen molar-refractivity contribution in [3.8, 4) is 0 Å². The molecule has 0 atom stereocenters. The summed E-state index contributed by atoms with van der Waals surface area (Å²) in [5.74, 6) is 0. The topological polar surface area (TPSA) is 20.2 Å². The van der Waals surface area contributed by atoms with Crippen LogP contribution in [0.25, 0.3) is 0 Å². The first-order chi connectivity index (χ1) is 1.41. The Kier molecular flexibility index (Phi) is 126. The van der Waals surface area contributed by atoms with Crippen molar-refractivity contribution in [2.24, 2.45) is 0 Å². The van der Waals surface area contributed by atoms with E-state index in [1.165, 1.54) is 0 Å². The molecule has 0 aliphatic heterocycles. The van der Waals surface area contributed by atoms with Crippen molar-refractivity contribution in [1.82, 2.24) is 0 Å². The molecule has 0 aliphatic carbocycles. The smallest absolute Gasteiger partial charge is 0.566 e. The average Bonchev–Trinajstić information content (AvgIpc) is 0.918. The standard InChI is InChI=1S/C2H5O.CH3.U.W/c1-2-3;;;/h2-3H,1H3;1H3;;/q2*-1;+2;. The van der Waals surface area contributed by atoms with Crippen LogP contribution in [0.4, 0.5) is 0 Å². The largest absolute Gasteiger partial charge is 2.00 e. The van der Waals surface area contributed by atoms with Gasteiger partial charge in [-0.1, -0.05) is 0 Å². The van der Waals surface area contributed by atoms with E-state index in [4.69, 9.17) is 5.11 Å². The summed E-state index contributed by atoms with van der Waals surface area (Å²) in [5.41, 5.74) is 0. The third-order valence-corrected chi connectivity index (χ3v) is 0. The Hall–Kier alpha value is 1.70. The van der Waals surface area contributed by atoms with Gasteiger partial charge in [-0.2, -0.15) is 6.92 Å². The van der Waals surface area contributed by atoms with Gasteiger partial charge in [0, 0.05) is 21.1 Å². The molecular weight excluding hydrogens is 474 g/mol. The molecule has 0 aromatic heterocycles. The van der Waals surface area contributed by atoms with E-state index in [0.29, 0.717) is 0 Å². The minimum Gasteiger partial charge on any atom is -0.566 e. The van der Waals surface area contributed by atoms with Crippen molar-refractivity contribution < 1.29 is 57.3 Å². The zero-order chi connectivity index (χ0) is 2.71. The molecule has 0 aromatic carbocycles. The van der Waals surface area contributed by atoms with Crippen molar-refractivity contribution in [2.75, 3.05) is 0 Å². The van der Waals surface area contributed by atoms with Gasteiger partial charge in [-0.25, -0.2) is 6.61 Å². The predicted molar refractivity (Wildman–Crippen MR) is 18.3 cm³/mol. The molecule has 1 N–H and O–H groups in total. The zero-order valence-electron chi connectivity index (χ0n) is 3.93. The zero-order valence-corrected chi connectivity index (χ0v) is 11.0. The van der Waals surface area contributed by atoms with E-state index in [2.05, 4.69) is 0 Å². The molecular formula is C3H8OUW. The third-order valence-electron chi connectivity index (χ3n) is 0. The van der Waals surface area contributed by atoms with Gasteiger partial charge in [0.2, 0.25) is 0 Å². The van der Waals surface area contributed by atoms with Gasteiger partial charge < -0.3 is 12.5 Å². The minimum atomic E-state index is 0. The second-order valence-electron chi connectivity index (χ2n) is 0.258. The molecule has 0 aromatic rings. The minimum absolute atomic E-state index is 0. The van der Waals surface area contributed by atoms with Crippen LogP contribution >= 0.6 is 0 Å². The summed E-state index contributed by atoms with van der Waals surface area (Å²) in [6.07, 6.45) is 0. The first kappa shape index (κ1) is 25.2. The van der Waals surface area contributed by atoms with Gasteiger partial charge >= 0.3 is 31.1 Å². The first-order valence-electron chi connectivity index (χ1n) is 0.836. The quantitative estimate of drug-likeness (QED) is 0.512. The van der Waals surface area contributed by atoms with Crippen molar-refractivity contribution in [3.05, 3.63) is 14.0 Å². The van der Waals surface area contributed by atoms with E-state index in [9.17, 15) is 0 Å². The van der Waals surface area contributed by atoms with Crippen LogP contribution in [0.5, 0.6) is 0 Å². The summed E-state index contributed by atoms with van der Waals surface area (Å²) in [7, 11) is 0. The summed E-state index contributed by atoms with van der Waals surface area (Å²) in [5, 5.41) is 7.44. The van der Waals surface area contributed by atoms with Crippen LogP contribution in [0.2, 0.25) is 0 Å². The molecule has 0 spiro atoms. The molecule has 0 radical (unpaired) electrons. The van der Waals surface area contributed by atoms with Gasteiger partial charge in [0.15, 0.2) is 0 Å². The van der Waals surface area contributed by atoms with Gasteiger partial charge in [-0.05, 0) is 0 Å². The maximum atomic E-state index is 7.44. The van der Waals surface area contributed by atoms with E-state index in [1.54, 1.807) is 6.92 Å². The molecule has 36 valence electrons. The van der Waals surface area contributed by atoms with Gasteiger partial charge in [-0.3, -0.25) is 0 Å². The Morgan fingerprint density at radius 2 is 1.50 bits per heavy atom. The average molecular weight is 482 g/mol. The number of aliphatic hydroxyl groups excluding tert-OH is 1. The third kappa shape index (κ3) is 43.6. The summed E-state index contributed by atoms with van der Waals surface area (Å²) < 4.78 is 0. The Morgan fingerprint density at radius 1 is 1.50 bits per heavy atom. The maximum Gasteiger partial charge on any atom is 2.00 e. The Balaban J connectivity index is -0.00000000667. The van der Waals surface area contributed by atoms with Crippen LogP contribution in [-0.4, -0.2) is 5.11 Å². The van der Waals surface area contributed by atoms with Crippen LogP contribution in [-0.2, 0) is 21.1 Å². The monoisotopic (exact) mass is 482 g/mol. The summed E-state index contributed by atoms with van der Waals surface area (Å²) >= 11 is 0. The first-order valence-corrected chi connectivity index (χ1v) is 0.836.